The summed E-state index contributed by atoms with van der Waals surface area (Å²) in [7, 11) is 0. The molecule has 3 aromatic rings. The molecule has 1 aliphatic rings. The van der Waals surface area contributed by atoms with Crippen LogP contribution in [0.4, 0.5) is 4.39 Å². The zero-order valence-corrected chi connectivity index (χ0v) is 14.4. The molecule has 1 amide bonds. The summed E-state index contributed by atoms with van der Waals surface area (Å²) in [6, 6.07) is 20.0. The lowest BCUT2D eigenvalue weighted by Gasteiger charge is -2.24. The van der Waals surface area contributed by atoms with Crippen LogP contribution in [-0.2, 0) is 6.42 Å². The fourth-order valence-electron chi connectivity index (χ4n) is 3.57. The van der Waals surface area contributed by atoms with Crippen LogP contribution in [0.15, 0.2) is 71.1 Å². The molecule has 0 aliphatic carbocycles. The number of hydrogen-bond donors (Lipinski definition) is 0. The molecular formula is C22H20FNO2. The monoisotopic (exact) mass is 349 g/mol. The van der Waals surface area contributed by atoms with E-state index in [0.29, 0.717) is 11.5 Å². The summed E-state index contributed by atoms with van der Waals surface area (Å²) in [5.74, 6) is 0.547. The van der Waals surface area contributed by atoms with E-state index in [-0.39, 0.29) is 17.8 Å². The van der Waals surface area contributed by atoms with Crippen LogP contribution in [0.5, 0.6) is 0 Å². The highest BCUT2D eigenvalue weighted by atomic mass is 19.1. The van der Waals surface area contributed by atoms with E-state index >= 15 is 0 Å². The maximum Gasteiger partial charge on any atom is 0.289 e. The summed E-state index contributed by atoms with van der Waals surface area (Å²) in [5.41, 5.74) is 2.00. The quantitative estimate of drug-likeness (QED) is 0.669. The average Bonchev–Trinajstić information content (AvgIpc) is 3.32. The van der Waals surface area contributed by atoms with Gasteiger partial charge in [0.25, 0.3) is 5.91 Å². The second-order valence-electron chi connectivity index (χ2n) is 6.66. The molecular weight excluding hydrogens is 329 g/mol. The van der Waals surface area contributed by atoms with Gasteiger partial charge in [-0.05, 0) is 61.2 Å². The van der Waals surface area contributed by atoms with Gasteiger partial charge >= 0.3 is 0 Å². The third-order valence-electron chi connectivity index (χ3n) is 4.90. The van der Waals surface area contributed by atoms with Gasteiger partial charge in [0.1, 0.15) is 11.6 Å². The van der Waals surface area contributed by atoms with Gasteiger partial charge in [-0.25, -0.2) is 4.39 Å². The molecule has 2 heterocycles. The summed E-state index contributed by atoms with van der Waals surface area (Å²) < 4.78 is 18.8. The van der Waals surface area contributed by atoms with Crippen molar-refractivity contribution in [2.45, 2.75) is 25.3 Å². The molecule has 1 aliphatic heterocycles. The van der Waals surface area contributed by atoms with Gasteiger partial charge in [-0.15, -0.1) is 0 Å². The average molecular weight is 349 g/mol. The second kappa shape index (κ2) is 7.16. The first-order valence-electron chi connectivity index (χ1n) is 8.91. The standard InChI is InChI=1S/C22H20FNO2/c23-18-10-8-17(9-11-18)20-12-13-21(26-20)22(25)24-14-4-7-19(24)15-16-5-2-1-3-6-16/h1-3,5-6,8-13,19H,4,7,14-15H2. The fraction of sp³-hybridized carbons (Fsp3) is 0.227. The first kappa shape index (κ1) is 16.6. The molecule has 0 saturated carbocycles. The summed E-state index contributed by atoms with van der Waals surface area (Å²) in [5, 5.41) is 0. The van der Waals surface area contributed by atoms with Crippen LogP contribution >= 0.6 is 0 Å². The highest BCUT2D eigenvalue weighted by molar-refractivity contribution is 5.92. The van der Waals surface area contributed by atoms with Gasteiger partial charge in [0.2, 0.25) is 0 Å². The largest absolute Gasteiger partial charge is 0.451 e. The Bertz CT molecular complexity index is 886. The SMILES string of the molecule is O=C(c1ccc(-c2ccc(F)cc2)o1)N1CCCC1Cc1ccccc1. The Hall–Kier alpha value is -2.88. The maximum absolute atomic E-state index is 13.1. The third-order valence-corrected chi connectivity index (χ3v) is 4.90. The topological polar surface area (TPSA) is 33.5 Å². The van der Waals surface area contributed by atoms with E-state index in [2.05, 4.69) is 12.1 Å². The van der Waals surface area contributed by atoms with Gasteiger partial charge < -0.3 is 9.32 Å². The molecule has 1 saturated heterocycles. The predicted molar refractivity (Wildman–Crippen MR) is 98.3 cm³/mol. The Morgan fingerprint density at radius 1 is 1.04 bits per heavy atom. The molecule has 26 heavy (non-hydrogen) atoms. The zero-order chi connectivity index (χ0) is 17.9. The minimum atomic E-state index is -0.294. The van der Waals surface area contributed by atoms with Crippen molar-refractivity contribution in [3.05, 3.63) is 83.9 Å². The summed E-state index contributed by atoms with van der Waals surface area (Å²) in [4.78, 5) is 14.8. The number of rotatable bonds is 4. The van der Waals surface area contributed by atoms with Gasteiger partial charge in [0.05, 0.1) is 0 Å². The molecule has 4 heteroatoms. The number of hydrogen-bond acceptors (Lipinski definition) is 2. The van der Waals surface area contributed by atoms with Crippen molar-refractivity contribution in [2.75, 3.05) is 6.54 Å². The number of benzene rings is 2. The number of furan rings is 1. The molecule has 0 radical (unpaired) electrons. The number of halogens is 1. The van der Waals surface area contributed by atoms with Crippen LogP contribution in [0.25, 0.3) is 11.3 Å². The smallest absolute Gasteiger partial charge is 0.289 e. The van der Waals surface area contributed by atoms with Crippen molar-refractivity contribution in [3.8, 4) is 11.3 Å². The van der Waals surface area contributed by atoms with E-state index in [1.54, 1.807) is 24.3 Å². The van der Waals surface area contributed by atoms with E-state index in [9.17, 15) is 9.18 Å². The van der Waals surface area contributed by atoms with Crippen LogP contribution in [0.3, 0.4) is 0 Å². The van der Waals surface area contributed by atoms with Gasteiger partial charge in [-0.1, -0.05) is 30.3 Å². The number of carbonyl (C=O) groups excluding carboxylic acids is 1. The molecule has 1 fully saturated rings. The molecule has 2 aromatic carbocycles. The van der Waals surface area contributed by atoms with Crippen LogP contribution in [0.1, 0.15) is 29.0 Å². The Morgan fingerprint density at radius 3 is 2.58 bits per heavy atom. The van der Waals surface area contributed by atoms with Crippen LogP contribution < -0.4 is 0 Å². The lowest BCUT2D eigenvalue weighted by molar-refractivity contribution is 0.0705. The highest BCUT2D eigenvalue weighted by Crippen LogP contribution is 2.27. The number of likely N-dealkylation sites (tertiary alicyclic amines) is 1. The Kier molecular flexibility index (Phi) is 4.57. The fourth-order valence-corrected chi connectivity index (χ4v) is 3.57. The first-order chi connectivity index (χ1) is 12.7. The molecule has 0 N–H and O–H groups in total. The van der Waals surface area contributed by atoms with Crippen molar-refractivity contribution in [1.29, 1.82) is 0 Å². The first-order valence-corrected chi connectivity index (χ1v) is 8.91. The molecule has 1 atom stereocenters. The highest BCUT2D eigenvalue weighted by Gasteiger charge is 2.31. The van der Waals surface area contributed by atoms with E-state index < -0.39 is 0 Å². The predicted octanol–water partition coefficient (Wildman–Crippen LogP) is 4.93. The van der Waals surface area contributed by atoms with Crippen molar-refractivity contribution >= 4 is 5.91 Å². The minimum absolute atomic E-state index is 0.0724. The third kappa shape index (κ3) is 3.40. The molecule has 1 unspecified atom stereocenters. The molecule has 0 bridgehead atoms. The number of nitrogens with zero attached hydrogens (tertiary/aromatic N) is 1. The zero-order valence-electron chi connectivity index (χ0n) is 14.4. The van der Waals surface area contributed by atoms with Crippen LogP contribution in [0, 0.1) is 5.82 Å². The minimum Gasteiger partial charge on any atom is -0.451 e. The molecule has 132 valence electrons. The lowest BCUT2D eigenvalue weighted by atomic mass is 10.0. The van der Waals surface area contributed by atoms with Crippen molar-refractivity contribution in [2.24, 2.45) is 0 Å². The maximum atomic E-state index is 13.1. The molecule has 4 rings (SSSR count). The van der Waals surface area contributed by atoms with Gasteiger partial charge in [-0.3, -0.25) is 4.79 Å². The van der Waals surface area contributed by atoms with Gasteiger partial charge in [0, 0.05) is 18.2 Å². The number of carbonyl (C=O) groups is 1. The van der Waals surface area contributed by atoms with E-state index in [0.717, 1.165) is 31.4 Å². The second-order valence-corrected chi connectivity index (χ2v) is 6.66. The van der Waals surface area contributed by atoms with Crippen molar-refractivity contribution in [3.63, 3.8) is 0 Å². The van der Waals surface area contributed by atoms with E-state index in [1.165, 1.54) is 17.7 Å². The summed E-state index contributed by atoms with van der Waals surface area (Å²) in [6.07, 6.45) is 2.87. The molecule has 1 aromatic heterocycles. The summed E-state index contributed by atoms with van der Waals surface area (Å²) in [6.45, 7) is 0.753. The normalized spacial score (nSPS) is 16.8. The summed E-state index contributed by atoms with van der Waals surface area (Å²) >= 11 is 0. The van der Waals surface area contributed by atoms with E-state index in [4.69, 9.17) is 4.42 Å². The van der Waals surface area contributed by atoms with Gasteiger partial charge in [0.15, 0.2) is 5.76 Å². The number of amides is 1. The Morgan fingerprint density at radius 2 is 1.81 bits per heavy atom. The van der Waals surface area contributed by atoms with Crippen LogP contribution in [0.2, 0.25) is 0 Å². The van der Waals surface area contributed by atoms with E-state index in [1.807, 2.05) is 23.1 Å². The molecule has 0 spiro atoms. The molecule has 3 nitrogen and oxygen atoms in total. The lowest BCUT2D eigenvalue weighted by Crippen LogP contribution is -2.36. The van der Waals surface area contributed by atoms with Crippen molar-refractivity contribution in [1.82, 2.24) is 4.90 Å². The van der Waals surface area contributed by atoms with Crippen molar-refractivity contribution < 1.29 is 13.6 Å². The van der Waals surface area contributed by atoms with Gasteiger partial charge in [-0.2, -0.15) is 0 Å². The Balaban J connectivity index is 1.51. The van der Waals surface area contributed by atoms with Crippen LogP contribution in [-0.4, -0.2) is 23.4 Å². The Labute approximate surface area is 152 Å².